The molecule has 32 heavy (non-hydrogen) atoms. The Kier molecular flexibility index (Phi) is 6.83. The standard InChI is InChI=1S/C25H31N3O4/c1-3-31-22-11-8-17(15-23(22)32-4-2)12-13-26-24(29)18-9-10-20-19(16-18)27-25(30)21-7-5-6-14-28(20)21/h8-11,15-16,21H,3-7,12-14H2,1-2H3,(H,26,29)(H,27,30). The van der Waals surface area contributed by atoms with Gasteiger partial charge in [0.15, 0.2) is 11.5 Å². The van der Waals surface area contributed by atoms with Gasteiger partial charge in [-0.25, -0.2) is 0 Å². The summed E-state index contributed by atoms with van der Waals surface area (Å²) >= 11 is 0. The maximum atomic E-state index is 12.7. The molecular weight excluding hydrogens is 406 g/mol. The van der Waals surface area contributed by atoms with Crippen LogP contribution in [0.5, 0.6) is 11.5 Å². The Bertz CT molecular complexity index is 991. The number of carbonyl (C=O) groups excluding carboxylic acids is 2. The number of benzene rings is 2. The summed E-state index contributed by atoms with van der Waals surface area (Å²) in [5, 5.41) is 5.96. The van der Waals surface area contributed by atoms with Gasteiger partial charge in [0, 0.05) is 18.7 Å². The van der Waals surface area contributed by atoms with Crippen LogP contribution in [0.4, 0.5) is 11.4 Å². The summed E-state index contributed by atoms with van der Waals surface area (Å²) in [4.78, 5) is 27.3. The second-order valence-electron chi connectivity index (χ2n) is 8.08. The van der Waals surface area contributed by atoms with E-state index in [2.05, 4.69) is 15.5 Å². The van der Waals surface area contributed by atoms with Crippen LogP contribution in [0.15, 0.2) is 36.4 Å². The minimum absolute atomic E-state index is 0.0235. The van der Waals surface area contributed by atoms with Gasteiger partial charge in [0.05, 0.1) is 24.6 Å². The monoisotopic (exact) mass is 437 g/mol. The van der Waals surface area contributed by atoms with E-state index in [-0.39, 0.29) is 17.9 Å². The lowest BCUT2D eigenvalue weighted by molar-refractivity contribution is -0.118. The molecule has 1 saturated heterocycles. The fourth-order valence-electron chi connectivity index (χ4n) is 4.41. The van der Waals surface area contributed by atoms with Crippen molar-refractivity contribution in [2.24, 2.45) is 0 Å². The highest BCUT2D eigenvalue weighted by atomic mass is 16.5. The highest BCUT2D eigenvalue weighted by Gasteiger charge is 2.34. The molecule has 2 N–H and O–H groups in total. The molecule has 2 aliphatic rings. The van der Waals surface area contributed by atoms with Crippen molar-refractivity contribution in [2.75, 3.05) is 36.5 Å². The van der Waals surface area contributed by atoms with Gasteiger partial charge in [-0.3, -0.25) is 9.59 Å². The van der Waals surface area contributed by atoms with Gasteiger partial charge in [-0.1, -0.05) is 6.07 Å². The lowest BCUT2D eigenvalue weighted by Crippen LogP contribution is -2.50. The third-order valence-electron chi connectivity index (χ3n) is 5.94. The van der Waals surface area contributed by atoms with Crippen LogP contribution in [0, 0.1) is 0 Å². The first-order chi connectivity index (χ1) is 15.6. The number of hydrogen-bond donors (Lipinski definition) is 2. The van der Waals surface area contributed by atoms with Crippen LogP contribution in [0.1, 0.15) is 49.0 Å². The topological polar surface area (TPSA) is 79.9 Å². The number of anilines is 2. The van der Waals surface area contributed by atoms with Crippen molar-refractivity contribution in [1.82, 2.24) is 5.32 Å². The summed E-state index contributed by atoms with van der Waals surface area (Å²) in [6, 6.07) is 11.3. The molecule has 4 rings (SSSR count). The van der Waals surface area contributed by atoms with Crippen LogP contribution in [0.25, 0.3) is 0 Å². The minimum Gasteiger partial charge on any atom is -0.490 e. The third-order valence-corrected chi connectivity index (χ3v) is 5.94. The minimum atomic E-state index is -0.154. The van der Waals surface area contributed by atoms with Crippen molar-refractivity contribution in [3.05, 3.63) is 47.5 Å². The number of hydrogen-bond acceptors (Lipinski definition) is 5. The van der Waals surface area contributed by atoms with E-state index in [1.54, 1.807) is 6.07 Å². The van der Waals surface area contributed by atoms with E-state index in [1.807, 2.05) is 44.2 Å². The Morgan fingerprint density at radius 1 is 1.09 bits per heavy atom. The summed E-state index contributed by atoms with van der Waals surface area (Å²) in [6.07, 6.45) is 3.71. The molecule has 1 fully saturated rings. The second-order valence-corrected chi connectivity index (χ2v) is 8.08. The van der Waals surface area contributed by atoms with Crippen molar-refractivity contribution in [2.45, 2.75) is 45.6 Å². The largest absolute Gasteiger partial charge is 0.490 e. The molecule has 0 bridgehead atoms. The van der Waals surface area contributed by atoms with Gasteiger partial charge in [0.25, 0.3) is 5.91 Å². The quantitative estimate of drug-likeness (QED) is 0.657. The highest BCUT2D eigenvalue weighted by Crippen LogP contribution is 2.36. The van der Waals surface area contributed by atoms with Gasteiger partial charge >= 0.3 is 0 Å². The summed E-state index contributed by atoms with van der Waals surface area (Å²) in [6.45, 7) is 6.39. The van der Waals surface area contributed by atoms with E-state index in [4.69, 9.17) is 9.47 Å². The zero-order valence-corrected chi connectivity index (χ0v) is 18.8. The molecule has 2 aliphatic heterocycles. The second kappa shape index (κ2) is 9.94. The van der Waals surface area contributed by atoms with Crippen molar-refractivity contribution < 1.29 is 19.1 Å². The SMILES string of the molecule is CCOc1ccc(CCNC(=O)c2ccc3c(c2)NC(=O)C2CCCCN32)cc1OCC. The molecule has 0 radical (unpaired) electrons. The zero-order valence-electron chi connectivity index (χ0n) is 18.8. The molecule has 7 nitrogen and oxygen atoms in total. The summed E-state index contributed by atoms with van der Waals surface area (Å²) in [5.41, 5.74) is 3.32. The van der Waals surface area contributed by atoms with E-state index in [0.29, 0.717) is 37.4 Å². The number of nitrogens with zero attached hydrogens (tertiary/aromatic N) is 1. The van der Waals surface area contributed by atoms with Crippen LogP contribution in [0.3, 0.4) is 0 Å². The van der Waals surface area contributed by atoms with Crippen LogP contribution in [-0.2, 0) is 11.2 Å². The Morgan fingerprint density at radius 2 is 1.91 bits per heavy atom. The number of piperidine rings is 1. The number of amides is 2. The molecular formula is C25H31N3O4. The van der Waals surface area contributed by atoms with Crippen molar-refractivity contribution in [1.29, 1.82) is 0 Å². The van der Waals surface area contributed by atoms with Gasteiger partial charge in [0.1, 0.15) is 6.04 Å². The summed E-state index contributed by atoms with van der Waals surface area (Å²) < 4.78 is 11.3. The average molecular weight is 438 g/mol. The first kappa shape index (κ1) is 22.0. The van der Waals surface area contributed by atoms with Gasteiger partial charge in [-0.15, -0.1) is 0 Å². The molecule has 2 aromatic rings. The molecule has 2 amide bonds. The fraction of sp³-hybridized carbons (Fsp3) is 0.440. The Hall–Kier alpha value is -3.22. The van der Waals surface area contributed by atoms with Crippen LogP contribution < -0.4 is 25.0 Å². The zero-order chi connectivity index (χ0) is 22.5. The maximum absolute atomic E-state index is 12.7. The molecule has 0 spiro atoms. The Balaban J connectivity index is 1.38. The summed E-state index contributed by atoms with van der Waals surface area (Å²) in [7, 11) is 0. The molecule has 2 heterocycles. The maximum Gasteiger partial charge on any atom is 0.251 e. The van der Waals surface area contributed by atoms with Crippen molar-refractivity contribution in [3.63, 3.8) is 0 Å². The van der Waals surface area contributed by atoms with Crippen LogP contribution >= 0.6 is 0 Å². The number of rotatable bonds is 8. The van der Waals surface area contributed by atoms with E-state index in [1.165, 1.54) is 0 Å². The molecule has 0 saturated carbocycles. The Morgan fingerprint density at radius 3 is 2.72 bits per heavy atom. The summed E-state index contributed by atoms with van der Waals surface area (Å²) in [5.74, 6) is 1.32. The molecule has 0 aliphatic carbocycles. The number of ether oxygens (including phenoxy) is 2. The van der Waals surface area contributed by atoms with Crippen molar-refractivity contribution in [3.8, 4) is 11.5 Å². The molecule has 0 aromatic heterocycles. The van der Waals surface area contributed by atoms with Crippen LogP contribution in [0.2, 0.25) is 0 Å². The number of carbonyl (C=O) groups is 2. The predicted octanol–water partition coefficient (Wildman–Crippen LogP) is 3.77. The number of nitrogens with one attached hydrogen (secondary N) is 2. The Labute approximate surface area is 189 Å². The molecule has 1 atom stereocenters. The average Bonchev–Trinajstić information content (AvgIpc) is 2.81. The predicted molar refractivity (Wildman–Crippen MR) is 125 cm³/mol. The normalized spacial score (nSPS) is 17.1. The first-order valence-electron chi connectivity index (χ1n) is 11.5. The van der Waals surface area contributed by atoms with E-state index >= 15 is 0 Å². The van der Waals surface area contributed by atoms with Crippen LogP contribution in [-0.4, -0.2) is 44.2 Å². The lowest BCUT2D eigenvalue weighted by atomic mass is 9.97. The molecule has 1 unspecified atom stereocenters. The molecule has 2 aromatic carbocycles. The lowest BCUT2D eigenvalue weighted by Gasteiger charge is -2.41. The van der Waals surface area contributed by atoms with E-state index < -0.39 is 0 Å². The molecule has 170 valence electrons. The smallest absolute Gasteiger partial charge is 0.251 e. The van der Waals surface area contributed by atoms with Gasteiger partial charge in [-0.05, 0) is 75.4 Å². The van der Waals surface area contributed by atoms with E-state index in [9.17, 15) is 9.59 Å². The van der Waals surface area contributed by atoms with Gasteiger partial charge in [0.2, 0.25) is 5.91 Å². The first-order valence-corrected chi connectivity index (χ1v) is 11.5. The number of fused-ring (bicyclic) bond motifs is 3. The highest BCUT2D eigenvalue weighted by molar-refractivity contribution is 6.05. The molecule has 7 heteroatoms. The van der Waals surface area contributed by atoms with Gasteiger partial charge < -0.3 is 25.0 Å². The third kappa shape index (κ3) is 4.66. The fourth-order valence-corrected chi connectivity index (χ4v) is 4.41. The van der Waals surface area contributed by atoms with Gasteiger partial charge in [-0.2, -0.15) is 0 Å². The van der Waals surface area contributed by atoms with E-state index in [0.717, 1.165) is 48.6 Å². The van der Waals surface area contributed by atoms with Crippen molar-refractivity contribution >= 4 is 23.2 Å².